The average Bonchev–Trinajstić information content (AvgIpc) is 2.40. The highest BCUT2D eigenvalue weighted by atomic mass is 19.4. The van der Waals surface area contributed by atoms with Gasteiger partial charge in [0.05, 0.1) is 11.1 Å². The molecule has 4 nitrogen and oxygen atoms in total. The Morgan fingerprint density at radius 1 is 1.04 bits per heavy atom. The first-order valence-corrected chi connectivity index (χ1v) is 6.45. The predicted octanol–water partition coefficient (Wildman–Crippen LogP) is 2.87. The van der Waals surface area contributed by atoms with Gasteiger partial charge in [-0.15, -0.1) is 0 Å². The lowest BCUT2D eigenvalue weighted by Gasteiger charge is -2.15. The molecule has 130 valence electrons. The van der Waals surface area contributed by atoms with Crippen LogP contribution in [-0.4, -0.2) is 18.6 Å². The van der Waals surface area contributed by atoms with Crippen LogP contribution in [0.2, 0.25) is 0 Å². The van der Waals surface area contributed by atoms with Crippen molar-refractivity contribution in [2.24, 2.45) is 5.73 Å². The van der Waals surface area contributed by atoms with E-state index in [9.17, 15) is 31.1 Å². The van der Waals surface area contributed by atoms with E-state index >= 15 is 0 Å². The van der Waals surface area contributed by atoms with Crippen molar-refractivity contribution in [3.63, 3.8) is 0 Å². The van der Waals surface area contributed by atoms with Gasteiger partial charge in [-0.1, -0.05) is 0 Å². The molecule has 0 saturated heterocycles. The van der Waals surface area contributed by atoms with E-state index in [0.717, 1.165) is 0 Å². The quantitative estimate of drug-likeness (QED) is 0.736. The number of carbonyl (C=O) groups excluding carboxylic acids is 1. The topological polar surface area (TPSA) is 67.1 Å². The molecule has 0 aromatic heterocycles. The third-order valence-electron chi connectivity index (χ3n) is 2.69. The zero-order chi connectivity index (χ0) is 17.8. The van der Waals surface area contributed by atoms with Gasteiger partial charge in [0.25, 0.3) is 0 Å². The summed E-state index contributed by atoms with van der Waals surface area (Å²) in [5, 5.41) is 4.49. The van der Waals surface area contributed by atoms with E-state index in [-0.39, 0.29) is 24.2 Å². The highest BCUT2D eigenvalue weighted by molar-refractivity contribution is 5.73. The molecular weight excluding hydrogens is 328 g/mol. The van der Waals surface area contributed by atoms with Gasteiger partial charge in [-0.25, -0.2) is 4.79 Å². The lowest BCUT2D eigenvalue weighted by atomic mass is 10.0. The molecule has 10 heteroatoms. The molecule has 0 fully saturated rings. The monoisotopic (exact) mass is 343 g/mol. The third-order valence-corrected chi connectivity index (χ3v) is 2.69. The first-order valence-electron chi connectivity index (χ1n) is 6.45. The largest absolute Gasteiger partial charge is 0.416 e. The molecule has 1 rings (SSSR count). The maximum absolute atomic E-state index is 12.7. The van der Waals surface area contributed by atoms with Crippen LogP contribution in [-0.2, 0) is 18.9 Å². The zero-order valence-electron chi connectivity index (χ0n) is 12.0. The summed E-state index contributed by atoms with van der Waals surface area (Å²) in [5.41, 5.74) is 2.21. The average molecular weight is 343 g/mol. The second-order valence-corrected chi connectivity index (χ2v) is 4.95. The van der Waals surface area contributed by atoms with Crippen LogP contribution >= 0.6 is 0 Å². The van der Waals surface area contributed by atoms with Crippen LogP contribution in [0.1, 0.15) is 23.6 Å². The molecule has 1 unspecified atom stereocenters. The molecular formula is C13H15F6N3O. The number of amides is 2. The third kappa shape index (κ3) is 6.35. The van der Waals surface area contributed by atoms with E-state index in [1.807, 2.05) is 0 Å². The fourth-order valence-electron chi connectivity index (χ4n) is 1.62. The summed E-state index contributed by atoms with van der Waals surface area (Å²) in [4.78, 5) is 11.4. The Hall–Kier alpha value is -1.97. The second-order valence-electron chi connectivity index (χ2n) is 4.95. The Morgan fingerprint density at radius 3 is 1.91 bits per heavy atom. The molecule has 0 saturated carbocycles. The van der Waals surface area contributed by atoms with Gasteiger partial charge in [0.2, 0.25) is 0 Å². The summed E-state index contributed by atoms with van der Waals surface area (Å²) >= 11 is 0. The van der Waals surface area contributed by atoms with Crippen molar-refractivity contribution in [2.75, 3.05) is 6.54 Å². The smallest absolute Gasteiger partial charge is 0.337 e. The van der Waals surface area contributed by atoms with Crippen LogP contribution in [0.15, 0.2) is 18.2 Å². The van der Waals surface area contributed by atoms with Gasteiger partial charge in [-0.3, -0.25) is 0 Å². The van der Waals surface area contributed by atoms with Crippen molar-refractivity contribution in [3.8, 4) is 0 Å². The van der Waals surface area contributed by atoms with Gasteiger partial charge < -0.3 is 16.4 Å². The lowest BCUT2D eigenvalue weighted by Crippen LogP contribution is -2.41. The summed E-state index contributed by atoms with van der Waals surface area (Å²) in [6.07, 6.45) is -9.85. The van der Waals surface area contributed by atoms with Crippen LogP contribution in [0, 0.1) is 0 Å². The molecule has 0 spiro atoms. The number of carbonyl (C=O) groups is 1. The van der Waals surface area contributed by atoms with Gasteiger partial charge in [0.1, 0.15) is 0 Å². The number of hydrogen-bond acceptors (Lipinski definition) is 2. The molecule has 0 aliphatic rings. The molecule has 1 aromatic carbocycles. The highest BCUT2D eigenvalue weighted by Crippen LogP contribution is 2.36. The minimum atomic E-state index is -4.92. The molecule has 0 heterocycles. The highest BCUT2D eigenvalue weighted by Gasteiger charge is 2.36. The standard InChI is InChI=1S/C13H15F6N3O/c1-7(20)5-21-11(23)22-6-8-2-9(12(14,15)16)4-10(3-8)13(17,18)19/h2-4,7H,5-6,20H2,1H3,(H2,21,22,23). The van der Waals surface area contributed by atoms with E-state index in [4.69, 9.17) is 5.73 Å². The molecule has 4 N–H and O–H groups in total. The molecule has 1 atom stereocenters. The number of halogens is 6. The predicted molar refractivity (Wildman–Crippen MR) is 70.3 cm³/mol. The summed E-state index contributed by atoms with van der Waals surface area (Å²) in [6, 6.07) is 0.0568. The molecule has 1 aromatic rings. The zero-order valence-corrected chi connectivity index (χ0v) is 12.0. The SMILES string of the molecule is CC(N)CNC(=O)NCc1cc(C(F)(F)F)cc(C(F)(F)F)c1. The number of benzene rings is 1. The van der Waals surface area contributed by atoms with Crippen LogP contribution in [0.5, 0.6) is 0 Å². The van der Waals surface area contributed by atoms with E-state index in [2.05, 4.69) is 10.6 Å². The molecule has 2 amide bonds. The first-order chi connectivity index (χ1) is 10.4. The van der Waals surface area contributed by atoms with Gasteiger partial charge >= 0.3 is 18.4 Å². The normalized spacial score (nSPS) is 13.6. The lowest BCUT2D eigenvalue weighted by molar-refractivity contribution is -0.143. The van der Waals surface area contributed by atoms with Gasteiger partial charge in [0.15, 0.2) is 0 Å². The van der Waals surface area contributed by atoms with Crippen molar-refractivity contribution >= 4 is 6.03 Å². The van der Waals surface area contributed by atoms with Gasteiger partial charge in [-0.2, -0.15) is 26.3 Å². The number of rotatable bonds is 4. The van der Waals surface area contributed by atoms with E-state index in [0.29, 0.717) is 12.1 Å². The Morgan fingerprint density at radius 2 is 1.52 bits per heavy atom. The number of nitrogens with two attached hydrogens (primary N) is 1. The molecule has 23 heavy (non-hydrogen) atoms. The second kappa shape index (κ2) is 7.07. The minimum Gasteiger partial charge on any atom is -0.337 e. The fraction of sp³-hybridized carbons (Fsp3) is 0.462. The van der Waals surface area contributed by atoms with Crippen molar-refractivity contribution in [1.29, 1.82) is 0 Å². The Labute approximate surface area is 128 Å². The first kappa shape index (κ1) is 19.1. The van der Waals surface area contributed by atoms with Crippen molar-refractivity contribution in [1.82, 2.24) is 10.6 Å². The van der Waals surface area contributed by atoms with E-state index in [1.54, 1.807) is 6.92 Å². The van der Waals surface area contributed by atoms with Crippen LogP contribution in [0.4, 0.5) is 31.1 Å². The van der Waals surface area contributed by atoms with Gasteiger partial charge in [-0.05, 0) is 30.7 Å². The summed E-state index contributed by atoms with van der Waals surface area (Å²) in [5.74, 6) is 0. The Bertz CT molecular complexity index is 521. The maximum Gasteiger partial charge on any atom is 0.416 e. The Balaban J connectivity index is 2.91. The summed E-state index contributed by atoms with van der Waals surface area (Å²) in [7, 11) is 0. The van der Waals surface area contributed by atoms with Crippen molar-refractivity contribution in [3.05, 3.63) is 34.9 Å². The number of alkyl halides is 6. The number of nitrogens with one attached hydrogen (secondary N) is 2. The van der Waals surface area contributed by atoms with Crippen LogP contribution in [0.25, 0.3) is 0 Å². The molecule has 0 aliphatic carbocycles. The molecule has 0 radical (unpaired) electrons. The van der Waals surface area contributed by atoms with E-state index < -0.39 is 36.1 Å². The Kier molecular flexibility index (Phi) is 5.86. The van der Waals surface area contributed by atoms with Gasteiger partial charge in [0, 0.05) is 19.1 Å². The molecule has 0 bridgehead atoms. The van der Waals surface area contributed by atoms with E-state index in [1.165, 1.54) is 0 Å². The summed E-state index contributed by atoms with van der Waals surface area (Å²) < 4.78 is 76.0. The summed E-state index contributed by atoms with van der Waals surface area (Å²) in [6.45, 7) is 1.24. The van der Waals surface area contributed by atoms with Crippen LogP contribution < -0.4 is 16.4 Å². The minimum absolute atomic E-state index is 0.0275. The van der Waals surface area contributed by atoms with Crippen LogP contribution in [0.3, 0.4) is 0 Å². The number of urea groups is 1. The van der Waals surface area contributed by atoms with Crippen molar-refractivity contribution < 1.29 is 31.1 Å². The number of hydrogen-bond donors (Lipinski definition) is 3. The fourth-order valence-corrected chi connectivity index (χ4v) is 1.62. The molecule has 0 aliphatic heterocycles. The van der Waals surface area contributed by atoms with Crippen molar-refractivity contribution in [2.45, 2.75) is 31.9 Å². The maximum atomic E-state index is 12.7.